The third-order valence-corrected chi connectivity index (χ3v) is 2.66. The number of rotatable bonds is 6. The molecule has 1 aromatic rings. The van der Waals surface area contributed by atoms with Crippen LogP contribution >= 0.6 is 11.6 Å². The van der Waals surface area contributed by atoms with Gasteiger partial charge >= 0.3 is 5.97 Å². The van der Waals surface area contributed by atoms with E-state index in [4.69, 9.17) is 16.3 Å². The summed E-state index contributed by atoms with van der Waals surface area (Å²) in [5.41, 5.74) is -0.660. The first-order chi connectivity index (χ1) is 9.92. The van der Waals surface area contributed by atoms with E-state index < -0.39 is 28.3 Å². The summed E-state index contributed by atoms with van der Waals surface area (Å²) in [5.74, 6) is -2.62. The molecule has 0 atom stereocenters. The predicted molar refractivity (Wildman–Crippen MR) is 75.0 cm³/mol. The third kappa shape index (κ3) is 4.06. The standard InChI is InChI=1S/C14H13ClO6/c1-3-21-14(19)10(12(17)13(15)18)11(16)8-4-6-9(20-2)7-5-8/h4-7,16H,3H2,1-2H3/b11-10-. The van der Waals surface area contributed by atoms with Crippen LogP contribution in [0, 0.1) is 0 Å². The molecule has 0 bridgehead atoms. The second kappa shape index (κ2) is 7.44. The van der Waals surface area contributed by atoms with Crippen LogP contribution in [-0.4, -0.2) is 35.8 Å². The maximum absolute atomic E-state index is 11.7. The Hall–Kier alpha value is -2.34. The van der Waals surface area contributed by atoms with Crippen molar-refractivity contribution in [3.05, 3.63) is 35.4 Å². The van der Waals surface area contributed by atoms with Crippen LogP contribution in [0.5, 0.6) is 5.75 Å². The van der Waals surface area contributed by atoms with E-state index in [2.05, 4.69) is 4.74 Å². The van der Waals surface area contributed by atoms with E-state index in [1.54, 1.807) is 0 Å². The van der Waals surface area contributed by atoms with Crippen LogP contribution < -0.4 is 4.74 Å². The average Bonchev–Trinajstić information content (AvgIpc) is 2.47. The topological polar surface area (TPSA) is 89.9 Å². The van der Waals surface area contributed by atoms with Crippen LogP contribution in [0.15, 0.2) is 29.8 Å². The highest BCUT2D eigenvalue weighted by Gasteiger charge is 2.29. The van der Waals surface area contributed by atoms with Gasteiger partial charge in [0.2, 0.25) is 0 Å². The molecule has 0 unspecified atom stereocenters. The summed E-state index contributed by atoms with van der Waals surface area (Å²) in [4.78, 5) is 34.4. The molecule has 0 spiro atoms. The van der Waals surface area contributed by atoms with Gasteiger partial charge in [0.25, 0.3) is 11.0 Å². The van der Waals surface area contributed by atoms with Gasteiger partial charge in [-0.3, -0.25) is 9.59 Å². The van der Waals surface area contributed by atoms with E-state index in [1.807, 2.05) is 0 Å². The summed E-state index contributed by atoms with van der Waals surface area (Å²) in [7, 11) is 1.46. The highest BCUT2D eigenvalue weighted by atomic mass is 35.5. The SMILES string of the molecule is CCOC(=O)/C(C(=O)C(=O)Cl)=C(\O)c1ccc(OC)cc1. The van der Waals surface area contributed by atoms with Gasteiger partial charge in [-0.25, -0.2) is 4.79 Å². The first-order valence-corrected chi connectivity index (χ1v) is 6.29. The number of aliphatic hydroxyl groups is 1. The van der Waals surface area contributed by atoms with Gasteiger partial charge < -0.3 is 14.6 Å². The highest BCUT2D eigenvalue weighted by molar-refractivity contribution is 6.84. The minimum Gasteiger partial charge on any atom is -0.506 e. The molecule has 0 aliphatic heterocycles. The van der Waals surface area contributed by atoms with Crippen molar-refractivity contribution >= 4 is 34.4 Å². The summed E-state index contributed by atoms with van der Waals surface area (Å²) in [6.07, 6.45) is 0. The van der Waals surface area contributed by atoms with Crippen molar-refractivity contribution in [1.29, 1.82) is 0 Å². The molecule has 0 heterocycles. The Morgan fingerprint density at radius 2 is 1.76 bits per heavy atom. The molecule has 0 saturated carbocycles. The second-order valence-electron chi connectivity index (χ2n) is 3.78. The van der Waals surface area contributed by atoms with Crippen molar-refractivity contribution in [3.8, 4) is 5.75 Å². The lowest BCUT2D eigenvalue weighted by atomic mass is 10.1. The normalized spacial score (nSPS) is 11.4. The Bertz CT molecular complexity index is 588. The van der Waals surface area contributed by atoms with Crippen molar-refractivity contribution in [2.75, 3.05) is 13.7 Å². The first-order valence-electron chi connectivity index (χ1n) is 5.91. The largest absolute Gasteiger partial charge is 0.506 e. The van der Waals surface area contributed by atoms with Crippen LogP contribution in [0.1, 0.15) is 12.5 Å². The number of aliphatic hydroxyl groups excluding tert-OH is 1. The molecule has 0 aliphatic rings. The Kier molecular flexibility index (Phi) is 5.92. The van der Waals surface area contributed by atoms with Crippen molar-refractivity contribution in [2.45, 2.75) is 6.92 Å². The maximum Gasteiger partial charge on any atom is 0.346 e. The van der Waals surface area contributed by atoms with Gasteiger partial charge in [-0.05, 0) is 42.8 Å². The Labute approximate surface area is 125 Å². The van der Waals surface area contributed by atoms with E-state index in [1.165, 1.54) is 38.3 Å². The fraction of sp³-hybridized carbons (Fsp3) is 0.214. The molecule has 7 heteroatoms. The van der Waals surface area contributed by atoms with Crippen LogP contribution in [0.25, 0.3) is 5.76 Å². The van der Waals surface area contributed by atoms with Crippen molar-refractivity contribution in [2.24, 2.45) is 0 Å². The lowest BCUT2D eigenvalue weighted by molar-refractivity contribution is -0.141. The van der Waals surface area contributed by atoms with Crippen molar-refractivity contribution in [1.82, 2.24) is 0 Å². The monoisotopic (exact) mass is 312 g/mol. The molecule has 0 radical (unpaired) electrons. The Balaban J connectivity index is 3.33. The summed E-state index contributed by atoms with van der Waals surface area (Å²) in [5, 5.41) is 8.68. The zero-order valence-corrected chi connectivity index (χ0v) is 12.1. The number of carbonyl (C=O) groups excluding carboxylic acids is 3. The van der Waals surface area contributed by atoms with E-state index in [9.17, 15) is 19.5 Å². The predicted octanol–water partition coefficient (Wildman–Crippen LogP) is 1.86. The van der Waals surface area contributed by atoms with Crippen LogP contribution in [0.3, 0.4) is 0 Å². The Morgan fingerprint density at radius 3 is 2.19 bits per heavy atom. The minimum absolute atomic E-state index is 0.0258. The lowest BCUT2D eigenvalue weighted by Crippen LogP contribution is -2.22. The van der Waals surface area contributed by atoms with Gasteiger partial charge in [0.15, 0.2) is 5.57 Å². The van der Waals surface area contributed by atoms with Gasteiger partial charge in [-0.1, -0.05) is 0 Å². The number of carbonyl (C=O) groups is 3. The van der Waals surface area contributed by atoms with Gasteiger partial charge in [-0.2, -0.15) is 0 Å². The zero-order chi connectivity index (χ0) is 16.0. The van der Waals surface area contributed by atoms with Gasteiger partial charge in [0.1, 0.15) is 11.5 Å². The minimum atomic E-state index is -1.39. The van der Waals surface area contributed by atoms with Gasteiger partial charge in [0.05, 0.1) is 13.7 Å². The van der Waals surface area contributed by atoms with E-state index >= 15 is 0 Å². The first kappa shape index (κ1) is 16.7. The molecule has 112 valence electrons. The molecular formula is C14H13ClO6. The highest BCUT2D eigenvalue weighted by Crippen LogP contribution is 2.21. The molecule has 0 aliphatic carbocycles. The summed E-state index contributed by atoms with van der Waals surface area (Å²) in [6, 6.07) is 5.86. The molecule has 0 amide bonds. The third-order valence-electron chi connectivity index (χ3n) is 2.49. The van der Waals surface area contributed by atoms with Gasteiger partial charge in [0, 0.05) is 5.56 Å². The average molecular weight is 313 g/mol. The molecule has 1 aromatic carbocycles. The molecule has 0 fully saturated rings. The smallest absolute Gasteiger partial charge is 0.346 e. The number of esters is 1. The molecular weight excluding hydrogens is 300 g/mol. The molecule has 1 rings (SSSR count). The van der Waals surface area contributed by atoms with Crippen LogP contribution in [0.4, 0.5) is 0 Å². The summed E-state index contributed by atoms with van der Waals surface area (Å²) < 4.78 is 9.60. The molecule has 0 aromatic heterocycles. The van der Waals surface area contributed by atoms with E-state index in [-0.39, 0.29) is 12.2 Å². The number of hydrogen-bond acceptors (Lipinski definition) is 6. The number of halogens is 1. The van der Waals surface area contributed by atoms with Gasteiger partial charge in [-0.15, -0.1) is 0 Å². The van der Waals surface area contributed by atoms with Crippen LogP contribution in [0.2, 0.25) is 0 Å². The summed E-state index contributed by atoms with van der Waals surface area (Å²) >= 11 is 5.08. The maximum atomic E-state index is 11.7. The quantitative estimate of drug-likeness (QED) is 0.164. The number of ether oxygens (including phenoxy) is 2. The number of methoxy groups -OCH3 is 1. The molecule has 0 saturated heterocycles. The number of hydrogen-bond donors (Lipinski definition) is 1. The van der Waals surface area contributed by atoms with Crippen LogP contribution in [-0.2, 0) is 19.1 Å². The number of ketones is 1. The number of benzene rings is 1. The van der Waals surface area contributed by atoms with E-state index in [0.717, 1.165) is 0 Å². The molecule has 1 N–H and O–H groups in total. The van der Waals surface area contributed by atoms with E-state index in [0.29, 0.717) is 5.75 Å². The molecule has 21 heavy (non-hydrogen) atoms. The Morgan fingerprint density at radius 1 is 1.19 bits per heavy atom. The number of Topliss-reactive ketones (excluding diaryl/α,β-unsaturated/α-hetero) is 1. The van der Waals surface area contributed by atoms with Crippen molar-refractivity contribution < 1.29 is 29.0 Å². The second-order valence-corrected chi connectivity index (χ2v) is 4.12. The zero-order valence-electron chi connectivity index (χ0n) is 11.4. The lowest BCUT2D eigenvalue weighted by Gasteiger charge is -2.08. The fourth-order valence-corrected chi connectivity index (χ4v) is 1.59. The molecule has 6 nitrogen and oxygen atoms in total. The van der Waals surface area contributed by atoms with Crippen molar-refractivity contribution in [3.63, 3.8) is 0 Å². The summed E-state index contributed by atoms with van der Waals surface area (Å²) in [6.45, 7) is 1.49. The fourth-order valence-electron chi connectivity index (χ4n) is 1.49.